The van der Waals surface area contributed by atoms with Gasteiger partial charge in [0.1, 0.15) is 5.01 Å². The van der Waals surface area contributed by atoms with E-state index in [-0.39, 0.29) is 18.0 Å². The standard InChI is InChI=1S/C12H21N3OS/c1-4-5-10(13)6-11(16)15-9(3)12-14-8(2)7-17-12/h7,9-10H,4-6,13H2,1-3H3,(H,15,16). The molecule has 0 aromatic carbocycles. The third-order valence-electron chi connectivity index (χ3n) is 2.49. The van der Waals surface area contributed by atoms with Crippen molar-refractivity contribution in [2.24, 2.45) is 5.73 Å². The predicted molar refractivity (Wildman–Crippen MR) is 70.9 cm³/mol. The minimum atomic E-state index is -0.0368. The van der Waals surface area contributed by atoms with E-state index < -0.39 is 0 Å². The third kappa shape index (κ3) is 4.83. The van der Waals surface area contributed by atoms with Crippen LogP contribution in [0, 0.1) is 6.92 Å². The van der Waals surface area contributed by atoms with Gasteiger partial charge >= 0.3 is 0 Å². The summed E-state index contributed by atoms with van der Waals surface area (Å²) in [6, 6.07) is -0.0692. The highest BCUT2D eigenvalue weighted by molar-refractivity contribution is 7.09. The van der Waals surface area contributed by atoms with Crippen molar-refractivity contribution in [1.29, 1.82) is 0 Å². The summed E-state index contributed by atoms with van der Waals surface area (Å²) in [4.78, 5) is 16.1. The van der Waals surface area contributed by atoms with Crippen molar-refractivity contribution in [3.05, 3.63) is 16.1 Å². The van der Waals surface area contributed by atoms with Gasteiger partial charge in [-0.2, -0.15) is 0 Å². The topological polar surface area (TPSA) is 68.0 Å². The fourth-order valence-corrected chi connectivity index (χ4v) is 2.45. The van der Waals surface area contributed by atoms with E-state index in [1.807, 2.05) is 19.2 Å². The first kappa shape index (κ1) is 14.1. The molecular formula is C12H21N3OS. The van der Waals surface area contributed by atoms with Crippen LogP contribution in [-0.2, 0) is 4.79 Å². The molecule has 0 fully saturated rings. The van der Waals surface area contributed by atoms with Crippen molar-refractivity contribution in [3.8, 4) is 0 Å². The fourth-order valence-electron chi connectivity index (χ4n) is 1.64. The monoisotopic (exact) mass is 255 g/mol. The van der Waals surface area contributed by atoms with Gasteiger partial charge in [0.2, 0.25) is 5.91 Å². The highest BCUT2D eigenvalue weighted by Crippen LogP contribution is 2.17. The molecule has 2 unspecified atom stereocenters. The molecule has 0 aliphatic rings. The highest BCUT2D eigenvalue weighted by Gasteiger charge is 2.14. The SMILES string of the molecule is CCCC(N)CC(=O)NC(C)c1nc(C)cs1. The molecule has 96 valence electrons. The lowest BCUT2D eigenvalue weighted by molar-refractivity contribution is -0.122. The number of amides is 1. The van der Waals surface area contributed by atoms with Gasteiger partial charge in [0.15, 0.2) is 0 Å². The Hall–Kier alpha value is -0.940. The van der Waals surface area contributed by atoms with Crippen molar-refractivity contribution in [3.63, 3.8) is 0 Å². The van der Waals surface area contributed by atoms with E-state index in [1.54, 1.807) is 11.3 Å². The Morgan fingerprint density at radius 3 is 2.88 bits per heavy atom. The van der Waals surface area contributed by atoms with Gasteiger partial charge in [-0.1, -0.05) is 13.3 Å². The summed E-state index contributed by atoms with van der Waals surface area (Å²) < 4.78 is 0. The van der Waals surface area contributed by atoms with Gasteiger partial charge in [-0.25, -0.2) is 4.98 Å². The lowest BCUT2D eigenvalue weighted by atomic mass is 10.1. The Morgan fingerprint density at radius 2 is 2.35 bits per heavy atom. The Kier molecular flexibility index (Phi) is 5.58. The van der Waals surface area contributed by atoms with Crippen LogP contribution < -0.4 is 11.1 Å². The number of nitrogens with two attached hydrogens (primary N) is 1. The Labute approximate surface area is 107 Å². The second-order valence-electron chi connectivity index (χ2n) is 4.37. The number of carbonyl (C=O) groups excluding carboxylic acids is 1. The first-order valence-corrected chi connectivity index (χ1v) is 6.87. The molecule has 0 bridgehead atoms. The molecule has 1 amide bonds. The van der Waals surface area contributed by atoms with E-state index in [0.717, 1.165) is 23.5 Å². The molecule has 1 aromatic heterocycles. The number of nitrogens with zero attached hydrogens (tertiary/aromatic N) is 1. The van der Waals surface area contributed by atoms with E-state index in [0.29, 0.717) is 6.42 Å². The van der Waals surface area contributed by atoms with Gasteiger partial charge in [0, 0.05) is 23.5 Å². The summed E-state index contributed by atoms with van der Waals surface area (Å²) in [5.41, 5.74) is 6.82. The van der Waals surface area contributed by atoms with Crippen molar-refractivity contribution in [2.45, 2.75) is 52.1 Å². The second kappa shape index (κ2) is 6.71. The average Bonchev–Trinajstić information content (AvgIpc) is 2.64. The van der Waals surface area contributed by atoms with Gasteiger partial charge in [-0.15, -0.1) is 11.3 Å². The molecule has 2 atom stereocenters. The summed E-state index contributed by atoms with van der Waals surface area (Å²) in [7, 11) is 0. The average molecular weight is 255 g/mol. The van der Waals surface area contributed by atoms with Gasteiger partial charge in [0.05, 0.1) is 6.04 Å². The number of thiazole rings is 1. The molecule has 3 N–H and O–H groups in total. The maximum Gasteiger partial charge on any atom is 0.222 e. The number of hydrogen-bond acceptors (Lipinski definition) is 4. The van der Waals surface area contributed by atoms with Crippen LogP contribution in [0.1, 0.15) is 49.9 Å². The highest BCUT2D eigenvalue weighted by atomic mass is 32.1. The van der Waals surface area contributed by atoms with Crippen LogP contribution in [0.3, 0.4) is 0 Å². The summed E-state index contributed by atoms with van der Waals surface area (Å²) >= 11 is 1.57. The molecule has 0 aliphatic heterocycles. The Balaban J connectivity index is 2.40. The maximum atomic E-state index is 11.7. The molecule has 1 rings (SSSR count). The minimum absolute atomic E-state index is 0.00584. The number of rotatable bonds is 6. The first-order chi connectivity index (χ1) is 8.02. The van der Waals surface area contributed by atoms with E-state index >= 15 is 0 Å². The molecule has 0 saturated carbocycles. The Bertz CT molecular complexity index is 364. The van der Waals surface area contributed by atoms with Crippen LogP contribution in [0.5, 0.6) is 0 Å². The molecule has 0 spiro atoms. The molecule has 4 nitrogen and oxygen atoms in total. The summed E-state index contributed by atoms with van der Waals surface area (Å²) in [6.07, 6.45) is 2.29. The molecule has 5 heteroatoms. The molecule has 0 saturated heterocycles. The van der Waals surface area contributed by atoms with Gasteiger partial charge in [-0.3, -0.25) is 4.79 Å². The van der Waals surface area contributed by atoms with E-state index in [1.165, 1.54) is 0 Å². The predicted octanol–water partition coefficient (Wildman–Crippen LogP) is 2.15. The van der Waals surface area contributed by atoms with Crippen LogP contribution >= 0.6 is 11.3 Å². The largest absolute Gasteiger partial charge is 0.347 e. The lowest BCUT2D eigenvalue weighted by Crippen LogP contribution is -2.33. The number of aryl methyl sites for hydroxylation is 1. The van der Waals surface area contributed by atoms with Crippen molar-refractivity contribution in [2.75, 3.05) is 0 Å². The Morgan fingerprint density at radius 1 is 1.65 bits per heavy atom. The smallest absolute Gasteiger partial charge is 0.222 e. The zero-order chi connectivity index (χ0) is 12.8. The third-order valence-corrected chi connectivity index (χ3v) is 3.64. The van der Waals surface area contributed by atoms with E-state index in [2.05, 4.69) is 17.2 Å². The molecule has 1 heterocycles. The fraction of sp³-hybridized carbons (Fsp3) is 0.667. The van der Waals surface area contributed by atoms with Crippen LogP contribution in [-0.4, -0.2) is 16.9 Å². The molecule has 1 aromatic rings. The maximum absolute atomic E-state index is 11.7. The molecule has 17 heavy (non-hydrogen) atoms. The molecule has 0 radical (unpaired) electrons. The summed E-state index contributed by atoms with van der Waals surface area (Å²) in [6.45, 7) is 5.96. The summed E-state index contributed by atoms with van der Waals surface area (Å²) in [5.74, 6) is 0.00584. The van der Waals surface area contributed by atoms with E-state index in [9.17, 15) is 4.79 Å². The van der Waals surface area contributed by atoms with Gasteiger partial charge in [0.25, 0.3) is 0 Å². The quantitative estimate of drug-likeness (QED) is 0.818. The second-order valence-corrected chi connectivity index (χ2v) is 5.26. The molecule has 0 aliphatic carbocycles. The number of hydrogen-bond donors (Lipinski definition) is 2. The molecular weight excluding hydrogens is 234 g/mol. The first-order valence-electron chi connectivity index (χ1n) is 6.00. The summed E-state index contributed by atoms with van der Waals surface area (Å²) in [5, 5.41) is 5.86. The minimum Gasteiger partial charge on any atom is -0.347 e. The van der Waals surface area contributed by atoms with Crippen LogP contribution in [0.4, 0.5) is 0 Å². The number of aromatic nitrogens is 1. The van der Waals surface area contributed by atoms with Crippen LogP contribution in [0.2, 0.25) is 0 Å². The van der Waals surface area contributed by atoms with Crippen molar-refractivity contribution >= 4 is 17.2 Å². The van der Waals surface area contributed by atoms with Crippen molar-refractivity contribution < 1.29 is 4.79 Å². The van der Waals surface area contributed by atoms with Gasteiger partial charge < -0.3 is 11.1 Å². The zero-order valence-electron chi connectivity index (χ0n) is 10.7. The van der Waals surface area contributed by atoms with Crippen LogP contribution in [0.15, 0.2) is 5.38 Å². The van der Waals surface area contributed by atoms with Crippen molar-refractivity contribution in [1.82, 2.24) is 10.3 Å². The number of nitrogens with one attached hydrogen (secondary N) is 1. The van der Waals surface area contributed by atoms with Gasteiger partial charge in [-0.05, 0) is 20.3 Å². The van der Waals surface area contributed by atoms with E-state index in [4.69, 9.17) is 5.73 Å². The normalized spacial score (nSPS) is 14.4. The lowest BCUT2D eigenvalue weighted by Gasteiger charge is -2.14. The van der Waals surface area contributed by atoms with Crippen LogP contribution in [0.25, 0.3) is 0 Å². The zero-order valence-corrected chi connectivity index (χ0v) is 11.5. The number of carbonyl (C=O) groups is 1.